The van der Waals surface area contributed by atoms with E-state index in [1.54, 1.807) is 0 Å². The molecule has 0 bridgehead atoms. The van der Waals surface area contributed by atoms with E-state index in [1.165, 1.54) is 5.56 Å². The van der Waals surface area contributed by atoms with Crippen molar-refractivity contribution in [3.8, 4) is 0 Å². The molecular formula is C12H19ClO. The summed E-state index contributed by atoms with van der Waals surface area (Å²) in [4.78, 5) is 0. The van der Waals surface area contributed by atoms with Crippen LogP contribution in [-0.4, -0.2) is 6.61 Å². The summed E-state index contributed by atoms with van der Waals surface area (Å²) in [5.74, 6) is 0. The fourth-order valence-electron chi connectivity index (χ4n) is 0.918. The highest BCUT2D eigenvalue weighted by Gasteiger charge is 2.23. The van der Waals surface area contributed by atoms with E-state index in [9.17, 15) is 0 Å². The molecule has 0 N–H and O–H groups in total. The SMILES string of the molecule is CC.CC.Clc1ccc(C2CO2)cc1. The third-order valence-corrected chi connectivity index (χ3v) is 1.83. The maximum Gasteiger partial charge on any atom is 0.106 e. The molecule has 0 aromatic heterocycles. The van der Waals surface area contributed by atoms with Gasteiger partial charge >= 0.3 is 0 Å². The Labute approximate surface area is 92.0 Å². The Hall–Kier alpha value is -0.530. The average molecular weight is 215 g/mol. The molecule has 1 fully saturated rings. The van der Waals surface area contributed by atoms with Gasteiger partial charge in [-0.25, -0.2) is 0 Å². The van der Waals surface area contributed by atoms with Crippen LogP contribution >= 0.6 is 11.6 Å². The molecule has 0 aliphatic carbocycles. The number of halogens is 1. The van der Waals surface area contributed by atoms with E-state index >= 15 is 0 Å². The van der Waals surface area contributed by atoms with E-state index in [0.717, 1.165) is 11.6 Å². The summed E-state index contributed by atoms with van der Waals surface area (Å²) >= 11 is 5.70. The average Bonchev–Trinajstić information content (AvgIpc) is 3.09. The van der Waals surface area contributed by atoms with Crippen LogP contribution in [0.2, 0.25) is 5.02 Å². The molecule has 14 heavy (non-hydrogen) atoms. The summed E-state index contributed by atoms with van der Waals surface area (Å²) in [5.41, 5.74) is 1.23. The minimum absolute atomic E-state index is 0.345. The first kappa shape index (κ1) is 13.5. The molecular weight excluding hydrogens is 196 g/mol. The van der Waals surface area contributed by atoms with Crippen molar-refractivity contribution in [1.29, 1.82) is 0 Å². The summed E-state index contributed by atoms with van der Waals surface area (Å²) < 4.78 is 5.09. The zero-order valence-corrected chi connectivity index (χ0v) is 10.1. The summed E-state index contributed by atoms with van der Waals surface area (Å²) in [6.45, 7) is 8.86. The summed E-state index contributed by atoms with van der Waals surface area (Å²) in [6, 6.07) is 7.77. The highest BCUT2D eigenvalue weighted by molar-refractivity contribution is 6.30. The number of ether oxygens (including phenoxy) is 1. The first-order valence-corrected chi connectivity index (χ1v) is 5.61. The normalized spacial score (nSPS) is 17.1. The molecule has 1 nitrogen and oxygen atoms in total. The molecule has 2 heteroatoms. The smallest absolute Gasteiger partial charge is 0.106 e. The summed E-state index contributed by atoms with van der Waals surface area (Å²) in [7, 11) is 0. The van der Waals surface area contributed by atoms with Gasteiger partial charge in [0.2, 0.25) is 0 Å². The van der Waals surface area contributed by atoms with Gasteiger partial charge in [0.25, 0.3) is 0 Å². The van der Waals surface area contributed by atoms with Crippen molar-refractivity contribution < 1.29 is 4.74 Å². The van der Waals surface area contributed by atoms with E-state index in [4.69, 9.17) is 16.3 Å². The Morgan fingerprint density at radius 3 is 1.86 bits per heavy atom. The molecule has 1 saturated heterocycles. The van der Waals surface area contributed by atoms with Gasteiger partial charge in [-0.2, -0.15) is 0 Å². The van der Waals surface area contributed by atoms with E-state index in [-0.39, 0.29) is 0 Å². The van der Waals surface area contributed by atoms with Crippen molar-refractivity contribution in [3.05, 3.63) is 34.9 Å². The van der Waals surface area contributed by atoms with Gasteiger partial charge in [0.05, 0.1) is 6.61 Å². The molecule has 0 radical (unpaired) electrons. The molecule has 1 aromatic carbocycles. The van der Waals surface area contributed by atoms with Crippen molar-refractivity contribution >= 4 is 11.6 Å². The van der Waals surface area contributed by atoms with Crippen LogP contribution in [0.15, 0.2) is 24.3 Å². The summed E-state index contributed by atoms with van der Waals surface area (Å²) in [5, 5.41) is 0.782. The fourth-order valence-corrected chi connectivity index (χ4v) is 1.04. The Morgan fingerprint density at radius 1 is 1.07 bits per heavy atom. The van der Waals surface area contributed by atoms with Gasteiger partial charge < -0.3 is 4.74 Å². The van der Waals surface area contributed by atoms with Crippen LogP contribution in [-0.2, 0) is 4.74 Å². The third kappa shape index (κ3) is 4.64. The number of epoxide rings is 1. The zero-order valence-electron chi connectivity index (χ0n) is 9.38. The fraction of sp³-hybridized carbons (Fsp3) is 0.500. The first-order chi connectivity index (χ1) is 6.86. The van der Waals surface area contributed by atoms with Crippen molar-refractivity contribution in [1.82, 2.24) is 0 Å². The van der Waals surface area contributed by atoms with Gasteiger partial charge in [0, 0.05) is 5.02 Å². The maximum absolute atomic E-state index is 5.70. The standard InChI is InChI=1S/C8H7ClO.2C2H6/c9-7-3-1-6(2-4-7)8-5-10-8;2*1-2/h1-4,8H,5H2;2*1-2H3. The van der Waals surface area contributed by atoms with Gasteiger partial charge in [-0.05, 0) is 17.7 Å². The molecule has 1 aromatic rings. The Balaban J connectivity index is 0.000000379. The Bertz CT molecular complexity index is 227. The Morgan fingerprint density at radius 2 is 1.50 bits per heavy atom. The molecule has 0 saturated carbocycles. The molecule has 1 atom stereocenters. The number of benzene rings is 1. The van der Waals surface area contributed by atoms with Crippen LogP contribution in [0.25, 0.3) is 0 Å². The Kier molecular flexibility index (Phi) is 7.54. The molecule has 2 rings (SSSR count). The van der Waals surface area contributed by atoms with Crippen LogP contribution < -0.4 is 0 Å². The maximum atomic E-state index is 5.70. The second kappa shape index (κ2) is 7.84. The number of hydrogen-bond acceptors (Lipinski definition) is 1. The minimum Gasteiger partial charge on any atom is -0.368 e. The summed E-state index contributed by atoms with van der Waals surface area (Å²) in [6.07, 6.45) is 0.345. The van der Waals surface area contributed by atoms with Gasteiger partial charge in [0.15, 0.2) is 0 Å². The molecule has 1 heterocycles. The number of hydrogen-bond donors (Lipinski definition) is 0. The highest BCUT2D eigenvalue weighted by atomic mass is 35.5. The van der Waals surface area contributed by atoms with Crippen molar-refractivity contribution in [3.63, 3.8) is 0 Å². The van der Waals surface area contributed by atoms with E-state index in [0.29, 0.717) is 6.10 Å². The lowest BCUT2D eigenvalue weighted by Gasteiger charge is -1.93. The lowest BCUT2D eigenvalue weighted by atomic mass is 10.2. The van der Waals surface area contributed by atoms with Gasteiger partial charge in [0.1, 0.15) is 6.10 Å². The number of rotatable bonds is 1. The monoisotopic (exact) mass is 214 g/mol. The third-order valence-electron chi connectivity index (χ3n) is 1.58. The van der Waals surface area contributed by atoms with E-state index in [1.807, 2.05) is 52.0 Å². The van der Waals surface area contributed by atoms with Crippen molar-refractivity contribution in [2.45, 2.75) is 33.8 Å². The van der Waals surface area contributed by atoms with Gasteiger partial charge in [-0.15, -0.1) is 0 Å². The second-order valence-electron chi connectivity index (χ2n) is 2.37. The van der Waals surface area contributed by atoms with E-state index < -0.39 is 0 Å². The lowest BCUT2D eigenvalue weighted by Crippen LogP contribution is -1.77. The lowest BCUT2D eigenvalue weighted by molar-refractivity contribution is 0.415. The predicted molar refractivity (Wildman–Crippen MR) is 62.8 cm³/mol. The minimum atomic E-state index is 0.345. The molecule has 1 unspecified atom stereocenters. The molecule has 0 spiro atoms. The van der Waals surface area contributed by atoms with Crippen LogP contribution in [0.4, 0.5) is 0 Å². The van der Waals surface area contributed by atoms with E-state index in [2.05, 4.69) is 0 Å². The molecule has 1 aliphatic rings. The van der Waals surface area contributed by atoms with Crippen LogP contribution in [0, 0.1) is 0 Å². The van der Waals surface area contributed by atoms with Crippen LogP contribution in [0.3, 0.4) is 0 Å². The van der Waals surface area contributed by atoms with Crippen molar-refractivity contribution in [2.75, 3.05) is 6.61 Å². The highest BCUT2D eigenvalue weighted by Crippen LogP contribution is 2.29. The molecule has 0 amide bonds. The molecule has 1 aliphatic heterocycles. The van der Waals surface area contributed by atoms with Gasteiger partial charge in [-0.1, -0.05) is 51.4 Å². The molecule has 80 valence electrons. The predicted octanol–water partition coefficient (Wildman–Crippen LogP) is 4.46. The second-order valence-corrected chi connectivity index (χ2v) is 2.81. The quantitative estimate of drug-likeness (QED) is 0.629. The van der Waals surface area contributed by atoms with Crippen molar-refractivity contribution in [2.24, 2.45) is 0 Å². The topological polar surface area (TPSA) is 12.5 Å². The largest absolute Gasteiger partial charge is 0.368 e. The zero-order chi connectivity index (χ0) is 11.0. The first-order valence-electron chi connectivity index (χ1n) is 5.23. The van der Waals surface area contributed by atoms with Crippen LogP contribution in [0.5, 0.6) is 0 Å². The van der Waals surface area contributed by atoms with Gasteiger partial charge in [-0.3, -0.25) is 0 Å². The van der Waals surface area contributed by atoms with Crippen LogP contribution in [0.1, 0.15) is 39.4 Å².